The summed E-state index contributed by atoms with van der Waals surface area (Å²) in [6.07, 6.45) is 13.9. The molecule has 1 fully saturated rings. The highest BCUT2D eigenvalue weighted by atomic mass is 16.3. The van der Waals surface area contributed by atoms with E-state index < -0.39 is 0 Å². The van der Waals surface area contributed by atoms with Gasteiger partial charge in [-0.3, -0.25) is 4.79 Å². The number of Topliss-reactive ketones (excluding diaryl/α,β-unsaturated/α-hetero) is 1. The number of aliphatic hydroxyl groups is 1. The highest BCUT2D eigenvalue weighted by molar-refractivity contribution is 5.84. The highest BCUT2D eigenvalue weighted by Crippen LogP contribution is 2.33. The van der Waals surface area contributed by atoms with Crippen molar-refractivity contribution in [2.24, 2.45) is 11.8 Å². The smallest absolute Gasteiger partial charge is 0.136 e. The largest absolute Gasteiger partial charge is 0.389 e. The van der Waals surface area contributed by atoms with Crippen molar-refractivity contribution in [1.82, 2.24) is 0 Å². The van der Waals surface area contributed by atoms with Crippen LogP contribution in [-0.4, -0.2) is 17.0 Å². The van der Waals surface area contributed by atoms with Gasteiger partial charge in [0, 0.05) is 12.3 Å². The molecule has 0 spiro atoms. The van der Waals surface area contributed by atoms with Crippen molar-refractivity contribution in [3.8, 4) is 0 Å². The molecule has 0 bridgehead atoms. The molecule has 0 aromatic heterocycles. The number of aryl methyl sites for hydroxylation is 1. The van der Waals surface area contributed by atoms with Gasteiger partial charge in [0.05, 0.1) is 6.10 Å². The van der Waals surface area contributed by atoms with E-state index in [1.165, 1.54) is 36.8 Å². The van der Waals surface area contributed by atoms with Gasteiger partial charge in [0.2, 0.25) is 0 Å². The van der Waals surface area contributed by atoms with Crippen LogP contribution in [0.4, 0.5) is 0 Å². The first kappa shape index (κ1) is 20.9. The molecule has 2 heteroatoms. The molecule has 1 unspecified atom stereocenters. The predicted molar refractivity (Wildman–Crippen MR) is 109 cm³/mol. The Labute approximate surface area is 159 Å². The molecule has 0 saturated heterocycles. The first-order chi connectivity index (χ1) is 12.7. The van der Waals surface area contributed by atoms with E-state index in [4.69, 9.17) is 0 Å². The van der Waals surface area contributed by atoms with Crippen LogP contribution in [0, 0.1) is 11.8 Å². The lowest BCUT2D eigenvalue weighted by molar-refractivity contribution is -0.121. The van der Waals surface area contributed by atoms with Crippen LogP contribution in [0.1, 0.15) is 76.3 Å². The molecule has 0 radical (unpaired) electrons. The van der Waals surface area contributed by atoms with Gasteiger partial charge in [-0.25, -0.2) is 0 Å². The standard InChI is InChI=1S/C24H36O2/c1-3-5-7-13-22(25)16-14-20-15-17-24(26)23(20)18-21-12-9-8-11-19(21)10-6-4-2/h8-9,11-12,14,16,20,22-23,25H,3-7,10,13,15,17-18H2,1-2H3/t20-,22+,23?/m1/s1. The molecule has 3 atom stereocenters. The molecule has 1 aromatic carbocycles. The van der Waals surface area contributed by atoms with Gasteiger partial charge >= 0.3 is 0 Å². The maximum Gasteiger partial charge on any atom is 0.136 e. The van der Waals surface area contributed by atoms with Gasteiger partial charge in [0.15, 0.2) is 0 Å². The van der Waals surface area contributed by atoms with Crippen LogP contribution in [0.15, 0.2) is 36.4 Å². The SMILES string of the molecule is CCCCC[C@H](O)C=C[C@@H]1CCC(=O)C1Cc1ccccc1CCCC. The minimum Gasteiger partial charge on any atom is -0.389 e. The van der Waals surface area contributed by atoms with E-state index in [1.807, 2.05) is 6.08 Å². The number of hydrogen-bond acceptors (Lipinski definition) is 2. The van der Waals surface area contributed by atoms with Crippen LogP contribution in [-0.2, 0) is 17.6 Å². The Bertz CT molecular complexity index is 575. The normalized spacial score (nSPS) is 21.6. The first-order valence-electron chi connectivity index (χ1n) is 10.6. The van der Waals surface area contributed by atoms with E-state index in [0.717, 1.165) is 32.1 Å². The Morgan fingerprint density at radius 2 is 1.85 bits per heavy atom. The maximum atomic E-state index is 12.5. The van der Waals surface area contributed by atoms with Crippen molar-refractivity contribution < 1.29 is 9.90 Å². The van der Waals surface area contributed by atoms with Gasteiger partial charge in [-0.2, -0.15) is 0 Å². The molecule has 2 rings (SSSR count). The summed E-state index contributed by atoms with van der Waals surface area (Å²) < 4.78 is 0. The number of rotatable bonds is 11. The second-order valence-corrected chi connectivity index (χ2v) is 7.80. The van der Waals surface area contributed by atoms with Gasteiger partial charge in [0.25, 0.3) is 0 Å². The molecule has 1 aliphatic carbocycles. The quantitative estimate of drug-likeness (QED) is 0.410. The van der Waals surface area contributed by atoms with E-state index in [2.05, 4.69) is 44.2 Å². The minimum absolute atomic E-state index is 0.0804. The summed E-state index contributed by atoms with van der Waals surface area (Å²) in [5.41, 5.74) is 2.74. The number of unbranched alkanes of at least 4 members (excludes halogenated alkanes) is 3. The zero-order valence-corrected chi connectivity index (χ0v) is 16.6. The van der Waals surface area contributed by atoms with Crippen LogP contribution in [0.5, 0.6) is 0 Å². The van der Waals surface area contributed by atoms with Crippen LogP contribution < -0.4 is 0 Å². The third-order valence-electron chi connectivity index (χ3n) is 5.70. The van der Waals surface area contributed by atoms with Crippen LogP contribution in [0.25, 0.3) is 0 Å². The first-order valence-corrected chi connectivity index (χ1v) is 10.6. The lowest BCUT2D eigenvalue weighted by Gasteiger charge is -2.18. The Hall–Kier alpha value is -1.41. The fraction of sp³-hybridized carbons (Fsp3) is 0.625. The Morgan fingerprint density at radius 3 is 2.58 bits per heavy atom. The molecular weight excluding hydrogens is 320 g/mol. The summed E-state index contributed by atoms with van der Waals surface area (Å²) in [4.78, 5) is 12.5. The van der Waals surface area contributed by atoms with Crippen LogP contribution >= 0.6 is 0 Å². The summed E-state index contributed by atoms with van der Waals surface area (Å²) in [6, 6.07) is 8.60. The monoisotopic (exact) mass is 356 g/mol. The van der Waals surface area contributed by atoms with Crippen LogP contribution in [0.3, 0.4) is 0 Å². The van der Waals surface area contributed by atoms with E-state index in [-0.39, 0.29) is 17.9 Å². The fourth-order valence-electron chi connectivity index (χ4n) is 4.01. The highest BCUT2D eigenvalue weighted by Gasteiger charge is 2.33. The second-order valence-electron chi connectivity index (χ2n) is 7.80. The van der Waals surface area contributed by atoms with E-state index in [9.17, 15) is 9.90 Å². The zero-order valence-electron chi connectivity index (χ0n) is 16.6. The number of carbonyl (C=O) groups is 1. The maximum absolute atomic E-state index is 12.5. The molecule has 0 amide bonds. The molecule has 1 aliphatic rings. The van der Waals surface area contributed by atoms with Gasteiger partial charge in [-0.15, -0.1) is 0 Å². The molecule has 1 saturated carbocycles. The van der Waals surface area contributed by atoms with E-state index in [1.54, 1.807) is 0 Å². The summed E-state index contributed by atoms with van der Waals surface area (Å²) in [6.45, 7) is 4.39. The number of benzene rings is 1. The van der Waals surface area contributed by atoms with Gasteiger partial charge < -0.3 is 5.11 Å². The average Bonchev–Trinajstić information content (AvgIpc) is 2.99. The molecule has 1 N–H and O–H groups in total. The zero-order chi connectivity index (χ0) is 18.8. The molecule has 2 nitrogen and oxygen atoms in total. The molecule has 144 valence electrons. The van der Waals surface area contributed by atoms with Crippen molar-refractivity contribution >= 4 is 5.78 Å². The number of aliphatic hydroxyl groups excluding tert-OH is 1. The van der Waals surface area contributed by atoms with Crippen molar-refractivity contribution in [3.63, 3.8) is 0 Å². The van der Waals surface area contributed by atoms with Gasteiger partial charge in [-0.05, 0) is 49.1 Å². The fourth-order valence-corrected chi connectivity index (χ4v) is 4.01. The van der Waals surface area contributed by atoms with E-state index >= 15 is 0 Å². The summed E-state index contributed by atoms with van der Waals surface area (Å²) in [5.74, 6) is 0.754. The van der Waals surface area contributed by atoms with Crippen molar-refractivity contribution in [2.45, 2.75) is 84.2 Å². The number of allylic oxidation sites excluding steroid dienone is 1. The second kappa shape index (κ2) is 11.3. The molecule has 0 heterocycles. The van der Waals surface area contributed by atoms with Gasteiger partial charge in [0.1, 0.15) is 5.78 Å². The van der Waals surface area contributed by atoms with Crippen molar-refractivity contribution in [2.75, 3.05) is 0 Å². The molecule has 26 heavy (non-hydrogen) atoms. The summed E-state index contributed by atoms with van der Waals surface area (Å²) >= 11 is 0. The van der Waals surface area contributed by atoms with Crippen LogP contribution in [0.2, 0.25) is 0 Å². The number of carbonyl (C=O) groups excluding carboxylic acids is 1. The lowest BCUT2D eigenvalue weighted by Crippen LogP contribution is -2.17. The number of hydrogen-bond donors (Lipinski definition) is 1. The predicted octanol–water partition coefficient (Wildman–Crippen LogP) is 5.66. The van der Waals surface area contributed by atoms with E-state index in [0.29, 0.717) is 12.2 Å². The lowest BCUT2D eigenvalue weighted by atomic mass is 9.86. The summed E-state index contributed by atoms with van der Waals surface area (Å²) in [5, 5.41) is 10.1. The minimum atomic E-state index is -0.366. The average molecular weight is 357 g/mol. The summed E-state index contributed by atoms with van der Waals surface area (Å²) in [7, 11) is 0. The molecule has 0 aliphatic heterocycles. The molecular formula is C24H36O2. The molecule has 1 aromatic rings. The van der Waals surface area contributed by atoms with Gasteiger partial charge in [-0.1, -0.05) is 75.9 Å². The van der Waals surface area contributed by atoms with Crippen molar-refractivity contribution in [1.29, 1.82) is 0 Å². The Morgan fingerprint density at radius 1 is 1.12 bits per heavy atom. The third-order valence-corrected chi connectivity index (χ3v) is 5.70. The number of ketones is 1. The topological polar surface area (TPSA) is 37.3 Å². The Balaban J connectivity index is 1.99. The Kier molecular flexibility index (Phi) is 9.11. The van der Waals surface area contributed by atoms with Crippen molar-refractivity contribution in [3.05, 3.63) is 47.5 Å². The third kappa shape index (κ3) is 6.39.